The minimum Gasteiger partial charge on any atom is -0.503 e. The van der Waals surface area contributed by atoms with Crippen molar-refractivity contribution in [3.63, 3.8) is 0 Å². The molecule has 0 aromatic heterocycles. The first-order chi connectivity index (χ1) is 47.3. The van der Waals surface area contributed by atoms with E-state index in [-0.39, 0.29) is 54.0 Å². The van der Waals surface area contributed by atoms with Gasteiger partial charge in [0.05, 0.1) is 28.4 Å². The van der Waals surface area contributed by atoms with Crippen molar-refractivity contribution < 1.29 is 65.0 Å². The number of unbranched alkanes of at least 4 members (excludes halogenated alkanes) is 2. The summed E-state index contributed by atoms with van der Waals surface area (Å²) in [5.74, 6) is -14.0. The Bertz CT molecular complexity index is 4190. The fourth-order valence-electron chi connectivity index (χ4n) is 8.00. The number of phenols is 5. The topological polar surface area (TPSA) is 221 Å². The molecule has 9 rings (SSSR count). The van der Waals surface area contributed by atoms with E-state index in [4.69, 9.17) is 61.1 Å². The van der Waals surface area contributed by atoms with Crippen molar-refractivity contribution >= 4 is 137 Å². The second-order valence-electron chi connectivity index (χ2n) is 20.5. The third kappa shape index (κ3) is 27.3. The fraction of sp³-hybridized carbons (Fsp3) is 0.145. The van der Waals surface area contributed by atoms with Crippen molar-refractivity contribution in [1.82, 2.24) is 21.3 Å². The summed E-state index contributed by atoms with van der Waals surface area (Å²) >= 11 is 28.3. The van der Waals surface area contributed by atoms with Crippen LogP contribution < -0.4 is 53.2 Å². The van der Waals surface area contributed by atoms with E-state index >= 15 is 0 Å². The quantitative estimate of drug-likeness (QED) is 0.0176. The van der Waals surface area contributed by atoms with E-state index in [0.29, 0.717) is 30.7 Å². The van der Waals surface area contributed by atoms with Gasteiger partial charge in [0.15, 0.2) is 83.4 Å². The molecule has 0 atom stereocenters. The first-order valence-electron chi connectivity index (χ1n) is 29.6. The number of benzene rings is 9. The smallest absolute Gasteiger partial charge is 0.202 e. The number of aryl methyl sites for hydroxylation is 1. The average molecular weight is 1530 g/mol. The summed E-state index contributed by atoms with van der Waals surface area (Å²) in [6.45, 7) is 6.33. The molecular formula is C69H66BrF9N10O5S5. The van der Waals surface area contributed by atoms with Crippen molar-refractivity contribution in [1.29, 1.82) is 0 Å². The molecule has 0 radical (unpaired) electrons. The van der Waals surface area contributed by atoms with Crippen LogP contribution >= 0.6 is 77.0 Å². The van der Waals surface area contributed by atoms with Crippen molar-refractivity contribution in [2.24, 2.45) is 0 Å². The predicted molar refractivity (Wildman–Crippen MR) is 396 cm³/mol. The lowest BCUT2D eigenvalue weighted by Crippen LogP contribution is -2.30. The van der Waals surface area contributed by atoms with Gasteiger partial charge in [-0.1, -0.05) is 139 Å². The third-order valence-corrected chi connectivity index (χ3v) is 14.8. The van der Waals surface area contributed by atoms with Gasteiger partial charge in [0, 0.05) is 36.3 Å². The van der Waals surface area contributed by atoms with Crippen LogP contribution in [0.15, 0.2) is 180 Å². The van der Waals surface area contributed by atoms with Crippen molar-refractivity contribution in [2.75, 3.05) is 45.0 Å². The van der Waals surface area contributed by atoms with E-state index in [1.165, 1.54) is 36.4 Å². The van der Waals surface area contributed by atoms with Gasteiger partial charge in [-0.2, -0.15) is 17.6 Å². The number of hydrogen-bond acceptors (Lipinski definition) is 10. The van der Waals surface area contributed by atoms with Gasteiger partial charge in [-0.15, -0.1) is 0 Å². The summed E-state index contributed by atoms with van der Waals surface area (Å²) in [5, 5.41) is 76.4. The summed E-state index contributed by atoms with van der Waals surface area (Å²) in [5.41, 5.74) is 5.43. The zero-order chi connectivity index (χ0) is 72.6. The van der Waals surface area contributed by atoms with Crippen LogP contribution in [0.25, 0.3) is 0 Å². The molecule has 0 spiro atoms. The van der Waals surface area contributed by atoms with E-state index in [9.17, 15) is 65.0 Å². The Balaban J connectivity index is 0.000000224. The van der Waals surface area contributed by atoms with Crippen molar-refractivity contribution in [3.05, 3.63) is 255 Å². The number of hydrogen-bond donors (Lipinski definition) is 15. The van der Waals surface area contributed by atoms with E-state index in [1.54, 1.807) is 0 Å². The number of aromatic hydroxyl groups is 5. The first kappa shape index (κ1) is 80.0. The maximum atomic E-state index is 13.3. The van der Waals surface area contributed by atoms with E-state index in [2.05, 4.69) is 76.0 Å². The number of phenolic OH excluding ortho intramolecular Hbond substituents is 5. The lowest BCUT2D eigenvalue weighted by molar-refractivity contribution is 0.409. The number of para-hydroxylation sites is 1. The Morgan fingerprint density at radius 1 is 0.364 bits per heavy atom. The van der Waals surface area contributed by atoms with Crippen LogP contribution in [0.1, 0.15) is 48.4 Å². The van der Waals surface area contributed by atoms with E-state index < -0.39 is 81.1 Å². The SMILES string of the molecule is CCCCCNC(=S)Nc1ccc(F)c(F)c1O.Cc1ccccc1CNC(=S)Nc1ccc(F)c(F)c1O.Oc1c(F)cc(Br)cc1NC(=S)Nc1ccccc1.Oc1c(NC(=S)NCCc2ccccc2)ccc(F)c1F.Oc1c(NC(=S)NCc2ccccc2)ccc(F)c1F. The second-order valence-corrected chi connectivity index (χ2v) is 23.4. The zero-order valence-electron chi connectivity index (χ0n) is 52.5. The Morgan fingerprint density at radius 3 is 1.17 bits per heavy atom. The van der Waals surface area contributed by atoms with Gasteiger partial charge in [-0.3, -0.25) is 0 Å². The van der Waals surface area contributed by atoms with Crippen LogP contribution in [0, 0.1) is 59.3 Å². The molecule has 0 aliphatic rings. The molecule has 0 amide bonds. The molecule has 0 fully saturated rings. The fourth-order valence-corrected chi connectivity index (χ4v) is 9.45. The summed E-state index contributed by atoms with van der Waals surface area (Å²) in [6, 6.07) is 47.7. The first-order valence-corrected chi connectivity index (χ1v) is 32.4. The maximum absolute atomic E-state index is 13.3. The summed E-state index contributed by atoms with van der Waals surface area (Å²) in [4.78, 5) is 0. The molecule has 30 heteroatoms. The minimum absolute atomic E-state index is 0.00876. The molecular weight excluding hydrogens is 1460 g/mol. The molecule has 0 aliphatic heterocycles. The molecule has 0 aliphatic carbocycles. The van der Waals surface area contributed by atoms with Gasteiger partial charge >= 0.3 is 0 Å². The van der Waals surface area contributed by atoms with Gasteiger partial charge in [-0.25, -0.2) is 22.0 Å². The van der Waals surface area contributed by atoms with E-state index in [1.807, 2.05) is 122 Å². The maximum Gasteiger partial charge on any atom is 0.202 e. The molecule has 9 aromatic rings. The van der Waals surface area contributed by atoms with Crippen LogP contribution in [0.3, 0.4) is 0 Å². The van der Waals surface area contributed by atoms with Gasteiger partial charge in [0.25, 0.3) is 0 Å². The number of rotatable bonds is 17. The Labute approximate surface area is 600 Å². The Kier molecular flexibility index (Phi) is 33.5. The Hall–Kier alpha value is -9.72. The Morgan fingerprint density at radius 2 is 0.737 bits per heavy atom. The number of nitrogens with one attached hydrogen (secondary N) is 10. The van der Waals surface area contributed by atoms with Crippen LogP contribution in [0.5, 0.6) is 28.7 Å². The normalized spacial score (nSPS) is 10.1. The van der Waals surface area contributed by atoms with Crippen LogP contribution in [-0.4, -0.2) is 64.2 Å². The van der Waals surface area contributed by atoms with Gasteiger partial charge in [0.1, 0.15) is 0 Å². The van der Waals surface area contributed by atoms with Gasteiger partial charge < -0.3 is 78.7 Å². The molecule has 15 N–H and O–H groups in total. The monoisotopic (exact) mass is 1520 g/mol. The molecule has 0 saturated carbocycles. The predicted octanol–water partition coefficient (Wildman–Crippen LogP) is 17.1. The highest BCUT2D eigenvalue weighted by Gasteiger charge is 2.18. The molecule has 0 saturated heterocycles. The van der Waals surface area contributed by atoms with Gasteiger partial charge in [-0.05, 0) is 176 Å². The highest BCUT2D eigenvalue weighted by Crippen LogP contribution is 2.33. The minimum atomic E-state index is -1.30. The van der Waals surface area contributed by atoms with E-state index in [0.717, 1.165) is 77.9 Å². The molecule has 522 valence electrons. The summed E-state index contributed by atoms with van der Waals surface area (Å²) < 4.78 is 118. The van der Waals surface area contributed by atoms with Gasteiger partial charge in [0.2, 0.25) is 23.3 Å². The average Bonchev–Trinajstić information content (AvgIpc) is 0.908. The molecule has 0 unspecified atom stereocenters. The molecule has 0 heterocycles. The van der Waals surface area contributed by atoms with Crippen molar-refractivity contribution in [3.8, 4) is 28.7 Å². The summed E-state index contributed by atoms with van der Waals surface area (Å²) in [6.07, 6.45) is 3.94. The van der Waals surface area contributed by atoms with Crippen LogP contribution in [-0.2, 0) is 19.5 Å². The lowest BCUT2D eigenvalue weighted by atomic mass is 10.1. The number of thiocarbonyl (C=S) groups is 5. The second kappa shape index (κ2) is 41.5. The lowest BCUT2D eigenvalue weighted by Gasteiger charge is -2.13. The number of halogens is 10. The van der Waals surface area contributed by atoms with Crippen LogP contribution in [0.2, 0.25) is 0 Å². The molecule has 0 bridgehead atoms. The largest absolute Gasteiger partial charge is 0.503 e. The van der Waals surface area contributed by atoms with Crippen molar-refractivity contribution in [2.45, 2.75) is 52.6 Å². The molecule has 15 nitrogen and oxygen atoms in total. The highest BCUT2D eigenvalue weighted by atomic mass is 79.9. The third-order valence-electron chi connectivity index (χ3n) is 13.2. The highest BCUT2D eigenvalue weighted by molar-refractivity contribution is 9.10. The standard InChI is InChI=1S/2C15H14F2N2OS.C14H12F2N2OS.C13H10BrFN2OS.C12H16F2N2OS/c1-9-4-2-3-5-10(9)8-18-15(21)19-12-7-6-11(16)13(17)14(12)20;16-11-6-7-12(14(20)13(11)17)19-15(21)18-9-8-10-4-2-1-3-5-10;15-10-6-7-11(13(19)12(10)16)18-14(20)17-8-9-4-2-1-3-5-9;14-8-6-10(15)12(18)11(7-8)17-13(19)16-9-4-2-1-3-5-9;1-2-3-4-7-15-12(18)16-9-6-5-8(13)10(14)11(9)17/h2-7,20H,8H2,1H3,(H2,18,19,21);1-7,20H,8-9H2,(H2,18,19,21);1-7,19H,8H2,(H2,17,18,20);1-7,18H,(H2,16,17,19);5-6,17H,2-4,7H2,1H3,(H2,15,16,18). The number of anilines is 6. The molecule has 9 aromatic carbocycles. The zero-order valence-corrected chi connectivity index (χ0v) is 58.1. The van der Waals surface area contributed by atoms with Crippen LogP contribution in [0.4, 0.5) is 73.6 Å². The summed E-state index contributed by atoms with van der Waals surface area (Å²) in [7, 11) is 0. The molecule has 99 heavy (non-hydrogen) atoms.